The van der Waals surface area contributed by atoms with Crippen LogP contribution in [0.4, 0.5) is 0 Å². The number of rotatable bonds is 45. The molecule has 0 aromatic carbocycles. The molecule has 0 spiro atoms. The second-order valence-corrected chi connectivity index (χ2v) is 17.3. The first kappa shape index (κ1) is 55.5. The van der Waals surface area contributed by atoms with E-state index in [0.717, 1.165) is 51.4 Å². The Morgan fingerprint density at radius 3 is 1.44 bits per heavy atom. The van der Waals surface area contributed by atoms with Gasteiger partial charge in [0, 0.05) is 13.0 Å². The van der Waals surface area contributed by atoms with E-state index in [1.54, 1.807) is 0 Å². The Morgan fingerprint density at radius 1 is 0.561 bits per heavy atom. The minimum atomic E-state index is -4.62. The SMILES string of the molecule is CCCCCC/C=C\C/C=C\CCCCCCCCCC(=O)OC(COCCCCCCCCCCCCCCCCCCC)COP(=O)(O)OCC(N)C(=O)O. The molecular weight excluding hydrogens is 741 g/mol. The minimum Gasteiger partial charge on any atom is -0.480 e. The molecule has 0 heterocycles. The van der Waals surface area contributed by atoms with Crippen molar-refractivity contribution < 1.29 is 42.7 Å². The first-order chi connectivity index (χ1) is 27.7. The van der Waals surface area contributed by atoms with Crippen LogP contribution in [0.2, 0.25) is 0 Å². The molecule has 0 aromatic rings. The summed E-state index contributed by atoms with van der Waals surface area (Å²) in [5.74, 6) is -1.78. The maximum Gasteiger partial charge on any atom is 0.472 e. The molecule has 0 fully saturated rings. The molecule has 0 aliphatic carbocycles. The summed E-state index contributed by atoms with van der Waals surface area (Å²) >= 11 is 0. The molecule has 0 saturated heterocycles. The van der Waals surface area contributed by atoms with Gasteiger partial charge in [-0.05, 0) is 44.9 Å². The van der Waals surface area contributed by atoms with Gasteiger partial charge in [0.2, 0.25) is 0 Å². The van der Waals surface area contributed by atoms with Crippen LogP contribution in [0.5, 0.6) is 0 Å². The molecule has 336 valence electrons. The molecule has 0 bridgehead atoms. The lowest BCUT2D eigenvalue weighted by Gasteiger charge is -2.20. The van der Waals surface area contributed by atoms with Gasteiger partial charge in [-0.2, -0.15) is 0 Å². The summed E-state index contributed by atoms with van der Waals surface area (Å²) in [6.45, 7) is 3.89. The van der Waals surface area contributed by atoms with Crippen LogP contribution in [-0.4, -0.2) is 60.5 Å². The number of ether oxygens (including phenoxy) is 2. The summed E-state index contributed by atoms with van der Waals surface area (Å²) in [4.78, 5) is 33.6. The summed E-state index contributed by atoms with van der Waals surface area (Å²) in [5, 5.41) is 8.91. The summed E-state index contributed by atoms with van der Waals surface area (Å²) in [7, 11) is -4.62. The summed E-state index contributed by atoms with van der Waals surface area (Å²) in [6.07, 6.45) is 46.5. The number of carbonyl (C=O) groups is 2. The normalized spacial score (nSPS) is 14.0. The maximum absolute atomic E-state index is 12.7. The summed E-state index contributed by atoms with van der Waals surface area (Å²) < 4.78 is 33.4. The van der Waals surface area contributed by atoms with Crippen LogP contribution >= 0.6 is 7.82 Å². The highest BCUT2D eigenvalue weighted by Gasteiger charge is 2.27. The molecule has 0 aliphatic rings. The zero-order valence-corrected chi connectivity index (χ0v) is 37.6. The van der Waals surface area contributed by atoms with Gasteiger partial charge in [0.1, 0.15) is 12.1 Å². The zero-order chi connectivity index (χ0) is 41.9. The lowest BCUT2D eigenvalue weighted by Crippen LogP contribution is -2.34. The van der Waals surface area contributed by atoms with Crippen LogP contribution in [0.3, 0.4) is 0 Å². The fourth-order valence-corrected chi connectivity index (χ4v) is 7.35. The predicted molar refractivity (Wildman–Crippen MR) is 235 cm³/mol. The number of carboxylic acids is 1. The largest absolute Gasteiger partial charge is 0.480 e. The van der Waals surface area contributed by atoms with Crippen molar-refractivity contribution in [1.29, 1.82) is 0 Å². The average molecular weight is 830 g/mol. The van der Waals surface area contributed by atoms with Crippen molar-refractivity contribution in [2.24, 2.45) is 5.73 Å². The van der Waals surface area contributed by atoms with Gasteiger partial charge in [-0.1, -0.05) is 192 Å². The molecule has 4 N–H and O–H groups in total. The van der Waals surface area contributed by atoms with Gasteiger partial charge >= 0.3 is 19.8 Å². The third kappa shape index (κ3) is 42.4. The van der Waals surface area contributed by atoms with Crippen molar-refractivity contribution in [3.05, 3.63) is 24.3 Å². The van der Waals surface area contributed by atoms with Gasteiger partial charge in [0.05, 0.1) is 19.8 Å². The standard InChI is InChI=1S/C46H88NO9P/c1-3-5-7-9-11-13-15-17-19-21-22-24-26-28-30-32-34-36-38-45(48)56-43(41-54-57(51,52)55-42-44(47)46(49)50)40-53-39-37-35-33-31-29-27-25-23-20-18-16-14-12-10-8-6-4-2/h13,15,19,21,43-44H,3-12,14,16-18,20,22-42,47H2,1-2H3,(H,49,50)(H,51,52)/b15-13-,21-19-. The van der Waals surface area contributed by atoms with Crippen LogP contribution in [0.25, 0.3) is 0 Å². The second kappa shape index (κ2) is 42.6. The Morgan fingerprint density at radius 2 is 0.965 bits per heavy atom. The number of hydrogen-bond donors (Lipinski definition) is 3. The zero-order valence-electron chi connectivity index (χ0n) is 36.7. The minimum absolute atomic E-state index is 0.0181. The van der Waals surface area contributed by atoms with Crippen molar-refractivity contribution in [2.45, 2.75) is 231 Å². The highest BCUT2D eigenvalue weighted by atomic mass is 31.2. The van der Waals surface area contributed by atoms with Crippen LogP contribution in [0, 0.1) is 0 Å². The van der Waals surface area contributed by atoms with E-state index in [1.165, 1.54) is 141 Å². The van der Waals surface area contributed by atoms with Crippen molar-refractivity contribution in [2.75, 3.05) is 26.4 Å². The molecule has 3 unspecified atom stereocenters. The third-order valence-electron chi connectivity index (χ3n) is 10.2. The number of esters is 1. The van der Waals surface area contributed by atoms with Crippen LogP contribution in [-0.2, 0) is 32.7 Å². The highest BCUT2D eigenvalue weighted by molar-refractivity contribution is 7.47. The number of carbonyl (C=O) groups excluding carboxylic acids is 1. The fraction of sp³-hybridized carbons (Fsp3) is 0.870. The monoisotopic (exact) mass is 830 g/mol. The number of nitrogens with two attached hydrogens (primary N) is 1. The van der Waals surface area contributed by atoms with Crippen molar-refractivity contribution in [1.82, 2.24) is 0 Å². The molecule has 0 rings (SSSR count). The predicted octanol–water partition coefficient (Wildman–Crippen LogP) is 13.1. The van der Waals surface area contributed by atoms with E-state index in [1.807, 2.05) is 0 Å². The molecule has 11 heteroatoms. The van der Waals surface area contributed by atoms with E-state index >= 15 is 0 Å². The summed E-state index contributed by atoms with van der Waals surface area (Å²) in [5.41, 5.74) is 5.36. The molecule has 0 radical (unpaired) electrons. The van der Waals surface area contributed by atoms with Crippen LogP contribution in [0.15, 0.2) is 24.3 Å². The van der Waals surface area contributed by atoms with E-state index in [0.29, 0.717) is 13.0 Å². The fourth-order valence-electron chi connectivity index (χ4n) is 6.58. The Labute approximate surface area is 349 Å². The molecule has 0 aliphatic heterocycles. The lowest BCUT2D eigenvalue weighted by atomic mass is 10.0. The van der Waals surface area contributed by atoms with E-state index in [4.69, 9.17) is 29.4 Å². The Hall–Kier alpha value is -1.55. The number of unbranched alkanes of at least 4 members (excludes halogenated alkanes) is 27. The molecule has 0 saturated carbocycles. The Balaban J connectivity index is 4.19. The number of hydrogen-bond acceptors (Lipinski definition) is 8. The first-order valence-electron chi connectivity index (χ1n) is 23.4. The van der Waals surface area contributed by atoms with E-state index in [-0.39, 0.29) is 13.0 Å². The van der Waals surface area contributed by atoms with Gasteiger partial charge in [-0.3, -0.25) is 18.6 Å². The molecule has 0 amide bonds. The van der Waals surface area contributed by atoms with Gasteiger partial charge in [-0.15, -0.1) is 0 Å². The molecular formula is C46H88NO9P. The van der Waals surface area contributed by atoms with E-state index < -0.39 is 45.1 Å². The second-order valence-electron chi connectivity index (χ2n) is 15.9. The smallest absolute Gasteiger partial charge is 0.472 e. The Bertz CT molecular complexity index is 1010. The van der Waals surface area contributed by atoms with Crippen molar-refractivity contribution in [3.8, 4) is 0 Å². The number of allylic oxidation sites excluding steroid dienone is 4. The quantitative estimate of drug-likeness (QED) is 0.0234. The number of carboxylic acid groups (broad SMARTS) is 1. The number of phosphoric ester groups is 1. The van der Waals surface area contributed by atoms with Crippen LogP contribution < -0.4 is 5.73 Å². The molecule has 0 aromatic heterocycles. The van der Waals surface area contributed by atoms with Gasteiger partial charge in [0.25, 0.3) is 0 Å². The lowest BCUT2D eigenvalue weighted by molar-refractivity contribution is -0.154. The van der Waals surface area contributed by atoms with Gasteiger partial charge < -0.3 is 25.2 Å². The third-order valence-corrected chi connectivity index (χ3v) is 11.2. The molecule has 57 heavy (non-hydrogen) atoms. The van der Waals surface area contributed by atoms with E-state index in [2.05, 4.69) is 38.2 Å². The average Bonchev–Trinajstić information content (AvgIpc) is 3.19. The number of phosphoric acid groups is 1. The molecule has 3 atom stereocenters. The maximum atomic E-state index is 12.7. The van der Waals surface area contributed by atoms with Gasteiger partial charge in [0.15, 0.2) is 0 Å². The van der Waals surface area contributed by atoms with E-state index in [9.17, 15) is 19.0 Å². The van der Waals surface area contributed by atoms with Crippen molar-refractivity contribution in [3.63, 3.8) is 0 Å². The Kier molecular flexibility index (Phi) is 41.4. The molecule has 10 nitrogen and oxygen atoms in total. The number of aliphatic carboxylic acids is 1. The van der Waals surface area contributed by atoms with Gasteiger partial charge in [-0.25, -0.2) is 4.57 Å². The van der Waals surface area contributed by atoms with Crippen LogP contribution in [0.1, 0.15) is 219 Å². The summed E-state index contributed by atoms with van der Waals surface area (Å²) in [6, 6.07) is -1.47. The van der Waals surface area contributed by atoms with Crippen molar-refractivity contribution >= 4 is 19.8 Å². The highest BCUT2D eigenvalue weighted by Crippen LogP contribution is 2.43. The first-order valence-corrected chi connectivity index (χ1v) is 24.9. The topological polar surface area (TPSA) is 155 Å².